The molecule has 0 atom stereocenters. The van der Waals surface area contributed by atoms with Crippen molar-refractivity contribution in [2.75, 3.05) is 6.54 Å². The van der Waals surface area contributed by atoms with E-state index >= 15 is 0 Å². The van der Waals surface area contributed by atoms with Gasteiger partial charge in [-0.1, -0.05) is 17.7 Å². The second-order valence-electron chi connectivity index (χ2n) is 4.16. The second-order valence-corrected chi connectivity index (χ2v) is 6.30. The van der Waals surface area contributed by atoms with E-state index in [1.54, 1.807) is 24.7 Å². The van der Waals surface area contributed by atoms with E-state index in [9.17, 15) is 8.42 Å². The predicted molar refractivity (Wildman–Crippen MR) is 73.7 cm³/mol. The van der Waals surface area contributed by atoms with Crippen LogP contribution in [0.5, 0.6) is 0 Å². The maximum absolute atomic E-state index is 12.1. The topological polar surface area (TPSA) is 74.8 Å². The standard InChI is InChI=1S/C12H14ClN3O2S/c1-9-2-3-12(11(13)6-9)19(17,18)16-5-4-10-7-14-8-15-10/h2-3,6-8,16H,4-5H2,1H3,(H,14,15). The lowest BCUT2D eigenvalue weighted by molar-refractivity contribution is 0.581. The summed E-state index contributed by atoms with van der Waals surface area (Å²) >= 11 is 5.96. The average molecular weight is 300 g/mol. The smallest absolute Gasteiger partial charge is 0.242 e. The zero-order valence-corrected chi connectivity index (χ0v) is 11.9. The van der Waals surface area contributed by atoms with Crippen molar-refractivity contribution in [2.24, 2.45) is 0 Å². The van der Waals surface area contributed by atoms with Crippen molar-refractivity contribution in [1.82, 2.24) is 14.7 Å². The quantitative estimate of drug-likeness (QED) is 0.885. The first kappa shape index (κ1) is 14.0. The molecule has 0 bridgehead atoms. The van der Waals surface area contributed by atoms with Crippen molar-refractivity contribution >= 4 is 21.6 Å². The number of benzene rings is 1. The summed E-state index contributed by atoms with van der Waals surface area (Å²) in [6.07, 6.45) is 3.76. The summed E-state index contributed by atoms with van der Waals surface area (Å²) in [6.45, 7) is 2.14. The summed E-state index contributed by atoms with van der Waals surface area (Å²) in [7, 11) is -3.58. The number of H-pyrrole nitrogens is 1. The highest BCUT2D eigenvalue weighted by Crippen LogP contribution is 2.22. The Hall–Kier alpha value is -1.37. The van der Waals surface area contributed by atoms with Gasteiger partial charge in [0.15, 0.2) is 0 Å². The van der Waals surface area contributed by atoms with Crippen molar-refractivity contribution < 1.29 is 8.42 Å². The number of aromatic nitrogens is 2. The third-order valence-electron chi connectivity index (χ3n) is 2.62. The Balaban J connectivity index is 2.05. The van der Waals surface area contributed by atoms with Crippen LogP contribution in [0.4, 0.5) is 0 Å². The van der Waals surface area contributed by atoms with E-state index < -0.39 is 10.0 Å². The molecule has 0 saturated heterocycles. The molecule has 2 N–H and O–H groups in total. The van der Waals surface area contributed by atoms with Gasteiger partial charge >= 0.3 is 0 Å². The fourth-order valence-corrected chi connectivity index (χ4v) is 3.27. The molecule has 1 heterocycles. The third-order valence-corrected chi connectivity index (χ3v) is 4.56. The summed E-state index contributed by atoms with van der Waals surface area (Å²) in [5, 5.41) is 0.231. The Bertz CT molecular complexity index is 654. The predicted octanol–water partition coefficient (Wildman–Crippen LogP) is 1.89. The van der Waals surface area contributed by atoms with E-state index in [0.29, 0.717) is 6.42 Å². The molecule has 7 heteroatoms. The van der Waals surface area contributed by atoms with E-state index in [0.717, 1.165) is 11.3 Å². The fraction of sp³-hybridized carbons (Fsp3) is 0.250. The Morgan fingerprint density at radius 1 is 1.42 bits per heavy atom. The largest absolute Gasteiger partial charge is 0.348 e. The molecule has 0 fully saturated rings. The zero-order chi connectivity index (χ0) is 13.9. The van der Waals surface area contributed by atoms with Crippen LogP contribution in [-0.2, 0) is 16.4 Å². The summed E-state index contributed by atoms with van der Waals surface area (Å²) in [5.74, 6) is 0. The molecule has 2 rings (SSSR count). The van der Waals surface area contributed by atoms with Crippen molar-refractivity contribution in [3.05, 3.63) is 47.0 Å². The number of aryl methyl sites for hydroxylation is 1. The highest BCUT2D eigenvalue weighted by Gasteiger charge is 2.17. The molecule has 2 aromatic rings. The van der Waals surface area contributed by atoms with Gasteiger partial charge in [-0.2, -0.15) is 0 Å². The average Bonchev–Trinajstić information content (AvgIpc) is 2.81. The molecule has 0 spiro atoms. The van der Waals surface area contributed by atoms with Crippen molar-refractivity contribution in [1.29, 1.82) is 0 Å². The van der Waals surface area contributed by atoms with Gasteiger partial charge in [-0.05, 0) is 24.6 Å². The number of halogens is 1. The lowest BCUT2D eigenvalue weighted by Crippen LogP contribution is -2.26. The van der Waals surface area contributed by atoms with Crippen molar-refractivity contribution in [2.45, 2.75) is 18.2 Å². The van der Waals surface area contributed by atoms with Crippen LogP contribution in [0.15, 0.2) is 35.6 Å². The molecular formula is C12H14ClN3O2S. The van der Waals surface area contributed by atoms with Gasteiger partial charge in [0.2, 0.25) is 10.0 Å². The molecule has 0 amide bonds. The first-order valence-corrected chi connectivity index (χ1v) is 7.58. The highest BCUT2D eigenvalue weighted by atomic mass is 35.5. The second kappa shape index (κ2) is 5.73. The zero-order valence-electron chi connectivity index (χ0n) is 10.4. The molecule has 0 saturated carbocycles. The van der Waals surface area contributed by atoms with Gasteiger partial charge in [0.25, 0.3) is 0 Å². The maximum Gasteiger partial charge on any atom is 0.242 e. The minimum absolute atomic E-state index is 0.101. The summed E-state index contributed by atoms with van der Waals surface area (Å²) in [4.78, 5) is 6.88. The van der Waals surface area contributed by atoms with Gasteiger partial charge in [0, 0.05) is 24.9 Å². The Morgan fingerprint density at radius 2 is 2.21 bits per heavy atom. The molecule has 0 unspecified atom stereocenters. The summed E-state index contributed by atoms with van der Waals surface area (Å²) in [5.41, 5.74) is 1.79. The number of hydrogen-bond donors (Lipinski definition) is 2. The third kappa shape index (κ3) is 3.56. The van der Waals surface area contributed by atoms with Crippen molar-refractivity contribution in [3.8, 4) is 0 Å². The number of hydrogen-bond acceptors (Lipinski definition) is 3. The summed E-state index contributed by atoms with van der Waals surface area (Å²) < 4.78 is 26.7. The summed E-state index contributed by atoms with van der Waals surface area (Å²) in [6, 6.07) is 4.86. The van der Waals surface area contributed by atoms with Crippen LogP contribution in [0.25, 0.3) is 0 Å². The van der Waals surface area contributed by atoms with E-state index in [-0.39, 0.29) is 16.5 Å². The molecule has 1 aromatic carbocycles. The first-order valence-electron chi connectivity index (χ1n) is 5.72. The molecular weight excluding hydrogens is 286 g/mol. The lowest BCUT2D eigenvalue weighted by Gasteiger charge is -2.08. The SMILES string of the molecule is Cc1ccc(S(=O)(=O)NCCc2cnc[nH]2)c(Cl)c1. The van der Waals surface area contributed by atoms with Gasteiger partial charge in [0.05, 0.1) is 11.3 Å². The molecule has 19 heavy (non-hydrogen) atoms. The van der Waals surface area contributed by atoms with E-state index in [1.165, 1.54) is 6.07 Å². The number of rotatable bonds is 5. The van der Waals surface area contributed by atoms with Crippen LogP contribution in [0, 0.1) is 6.92 Å². The number of imidazole rings is 1. The van der Waals surface area contributed by atoms with Crippen LogP contribution in [0.1, 0.15) is 11.3 Å². The van der Waals surface area contributed by atoms with Crippen LogP contribution >= 0.6 is 11.6 Å². The van der Waals surface area contributed by atoms with Crippen molar-refractivity contribution in [3.63, 3.8) is 0 Å². The molecule has 0 aliphatic heterocycles. The Labute approximate surface area is 117 Å². The first-order chi connectivity index (χ1) is 8.99. The van der Waals surface area contributed by atoms with Gasteiger partial charge in [-0.3, -0.25) is 0 Å². The van der Waals surface area contributed by atoms with Crippen LogP contribution < -0.4 is 4.72 Å². The van der Waals surface area contributed by atoms with Gasteiger partial charge < -0.3 is 4.98 Å². The Kier molecular flexibility index (Phi) is 4.24. The minimum atomic E-state index is -3.58. The van der Waals surface area contributed by atoms with Crippen LogP contribution in [0.2, 0.25) is 5.02 Å². The number of nitrogens with zero attached hydrogens (tertiary/aromatic N) is 1. The van der Waals surface area contributed by atoms with Crippen LogP contribution in [-0.4, -0.2) is 24.9 Å². The molecule has 1 aromatic heterocycles. The van der Waals surface area contributed by atoms with Gasteiger partial charge in [-0.25, -0.2) is 18.1 Å². The van der Waals surface area contributed by atoms with E-state index in [4.69, 9.17) is 11.6 Å². The van der Waals surface area contributed by atoms with E-state index in [1.807, 2.05) is 6.92 Å². The van der Waals surface area contributed by atoms with Gasteiger partial charge in [0.1, 0.15) is 4.90 Å². The molecule has 0 aliphatic carbocycles. The molecule has 0 aliphatic rings. The number of aromatic amines is 1. The Morgan fingerprint density at radius 3 is 2.84 bits per heavy atom. The number of nitrogens with one attached hydrogen (secondary N) is 2. The molecule has 0 radical (unpaired) electrons. The number of sulfonamides is 1. The monoisotopic (exact) mass is 299 g/mol. The molecule has 5 nitrogen and oxygen atoms in total. The normalized spacial score (nSPS) is 11.7. The maximum atomic E-state index is 12.1. The minimum Gasteiger partial charge on any atom is -0.348 e. The lowest BCUT2D eigenvalue weighted by atomic mass is 10.2. The van der Waals surface area contributed by atoms with Gasteiger partial charge in [-0.15, -0.1) is 0 Å². The van der Waals surface area contributed by atoms with E-state index in [2.05, 4.69) is 14.7 Å². The fourth-order valence-electron chi connectivity index (χ4n) is 1.64. The highest BCUT2D eigenvalue weighted by molar-refractivity contribution is 7.89. The van der Waals surface area contributed by atoms with Crippen LogP contribution in [0.3, 0.4) is 0 Å². The molecule has 102 valence electrons.